The predicted molar refractivity (Wildman–Crippen MR) is 101 cm³/mol. The molecular weight excluding hydrogens is 436 g/mol. The summed E-state index contributed by atoms with van der Waals surface area (Å²) in [6, 6.07) is 5.73. The van der Waals surface area contributed by atoms with E-state index in [0.29, 0.717) is 18.3 Å². The average molecular weight is 460 g/mol. The Bertz CT molecular complexity index is 506. The Hall–Kier alpha value is -1.23. The number of likely N-dealkylation sites (N-methyl/N-ethyl adjacent to an activating group) is 1. The van der Waals surface area contributed by atoms with Crippen LogP contribution in [0.25, 0.3) is 0 Å². The van der Waals surface area contributed by atoms with E-state index in [2.05, 4.69) is 40.7 Å². The predicted octanol–water partition coefficient (Wildman–Crippen LogP) is 3.66. The molecule has 1 aromatic rings. The smallest absolute Gasteiger partial charge is 0.406 e. The third-order valence-electron chi connectivity index (χ3n) is 3.17. The number of nitrogens with two attached hydrogens (primary N) is 1. The zero-order valence-electron chi connectivity index (χ0n) is 13.9. The summed E-state index contributed by atoms with van der Waals surface area (Å²) in [4.78, 5) is 6.45. The molecule has 0 aromatic heterocycles. The highest BCUT2D eigenvalue weighted by Crippen LogP contribution is 2.23. The van der Waals surface area contributed by atoms with Crippen molar-refractivity contribution in [2.75, 3.05) is 25.0 Å². The number of anilines is 1. The number of guanidine groups is 1. The fraction of sp³-hybridized carbons (Fsp3) is 0.533. The first-order valence-corrected chi connectivity index (χ1v) is 7.38. The summed E-state index contributed by atoms with van der Waals surface area (Å²) in [5, 5.41) is 2.83. The zero-order valence-corrected chi connectivity index (χ0v) is 16.3. The minimum absolute atomic E-state index is 0. The van der Waals surface area contributed by atoms with Crippen molar-refractivity contribution in [1.29, 1.82) is 0 Å². The maximum absolute atomic E-state index is 12.1. The number of halogens is 4. The van der Waals surface area contributed by atoms with Gasteiger partial charge >= 0.3 is 6.36 Å². The quantitative estimate of drug-likeness (QED) is 0.371. The van der Waals surface area contributed by atoms with Crippen LogP contribution >= 0.6 is 24.0 Å². The molecule has 0 amide bonds. The van der Waals surface area contributed by atoms with Crippen LogP contribution in [-0.2, 0) is 0 Å². The Labute approximate surface area is 157 Å². The summed E-state index contributed by atoms with van der Waals surface area (Å²) in [7, 11) is 0. The number of alkyl halides is 3. The van der Waals surface area contributed by atoms with Gasteiger partial charge in [-0.3, -0.25) is 9.89 Å². The standard InChI is InChI=1S/C15H23F3N4O.HI/c1-4-22(11(2)3)10-9-20-14(19)21-12-5-7-13(8-6-12)23-15(16,17)18;/h5-8,11H,4,9-10H2,1-3H3,(H3,19,20,21);1H. The molecule has 0 heterocycles. The van der Waals surface area contributed by atoms with E-state index < -0.39 is 6.36 Å². The number of aliphatic imine (C=N–C) groups is 1. The maximum Gasteiger partial charge on any atom is 0.573 e. The van der Waals surface area contributed by atoms with Gasteiger partial charge in [0.15, 0.2) is 5.96 Å². The van der Waals surface area contributed by atoms with Crippen LogP contribution < -0.4 is 15.8 Å². The second kappa shape index (κ2) is 10.6. The number of ether oxygens (including phenoxy) is 1. The van der Waals surface area contributed by atoms with Crippen molar-refractivity contribution < 1.29 is 17.9 Å². The highest BCUT2D eigenvalue weighted by molar-refractivity contribution is 14.0. The first-order valence-electron chi connectivity index (χ1n) is 7.38. The van der Waals surface area contributed by atoms with Crippen molar-refractivity contribution in [3.63, 3.8) is 0 Å². The molecule has 0 saturated carbocycles. The molecule has 24 heavy (non-hydrogen) atoms. The second-order valence-electron chi connectivity index (χ2n) is 5.19. The van der Waals surface area contributed by atoms with Gasteiger partial charge in [-0.2, -0.15) is 0 Å². The van der Waals surface area contributed by atoms with Gasteiger partial charge in [-0.1, -0.05) is 6.92 Å². The second-order valence-corrected chi connectivity index (χ2v) is 5.19. The normalized spacial score (nSPS) is 12.2. The van der Waals surface area contributed by atoms with E-state index in [0.717, 1.165) is 13.1 Å². The molecule has 1 aromatic carbocycles. The van der Waals surface area contributed by atoms with Crippen molar-refractivity contribution in [1.82, 2.24) is 4.90 Å². The fourth-order valence-corrected chi connectivity index (χ4v) is 2.01. The van der Waals surface area contributed by atoms with E-state index in [1.165, 1.54) is 24.3 Å². The molecule has 1 rings (SSSR count). The highest BCUT2D eigenvalue weighted by Gasteiger charge is 2.30. The van der Waals surface area contributed by atoms with Gasteiger partial charge in [-0.15, -0.1) is 37.1 Å². The van der Waals surface area contributed by atoms with E-state index in [1.54, 1.807) is 0 Å². The van der Waals surface area contributed by atoms with Crippen molar-refractivity contribution in [3.05, 3.63) is 24.3 Å². The van der Waals surface area contributed by atoms with Crippen molar-refractivity contribution in [3.8, 4) is 5.75 Å². The zero-order chi connectivity index (χ0) is 17.5. The van der Waals surface area contributed by atoms with Crippen LogP contribution in [0, 0.1) is 0 Å². The van der Waals surface area contributed by atoms with E-state index in [1.807, 2.05) is 0 Å². The third-order valence-corrected chi connectivity index (χ3v) is 3.17. The summed E-state index contributed by atoms with van der Waals surface area (Å²) in [6.45, 7) is 8.56. The molecule has 0 aliphatic heterocycles. The largest absolute Gasteiger partial charge is 0.573 e. The molecule has 3 N–H and O–H groups in total. The lowest BCUT2D eigenvalue weighted by molar-refractivity contribution is -0.274. The van der Waals surface area contributed by atoms with E-state index in [-0.39, 0.29) is 35.7 Å². The lowest BCUT2D eigenvalue weighted by atomic mass is 10.3. The van der Waals surface area contributed by atoms with Crippen molar-refractivity contribution >= 4 is 35.6 Å². The van der Waals surface area contributed by atoms with Crippen LogP contribution in [0.5, 0.6) is 5.75 Å². The number of nitrogens with zero attached hydrogens (tertiary/aromatic N) is 2. The Balaban J connectivity index is 0.00000529. The average Bonchev–Trinajstić information content (AvgIpc) is 2.44. The van der Waals surface area contributed by atoms with Gasteiger partial charge in [0.25, 0.3) is 0 Å². The monoisotopic (exact) mass is 460 g/mol. The molecular formula is C15H24F3IN4O. The van der Waals surface area contributed by atoms with Crippen LogP contribution in [-0.4, -0.2) is 42.9 Å². The number of nitrogens with one attached hydrogen (secondary N) is 1. The van der Waals surface area contributed by atoms with Gasteiger partial charge in [-0.05, 0) is 44.7 Å². The number of rotatable bonds is 7. The van der Waals surface area contributed by atoms with Crippen LogP contribution in [0.15, 0.2) is 29.3 Å². The minimum atomic E-state index is -4.70. The molecule has 9 heteroatoms. The first kappa shape index (κ1) is 22.8. The fourth-order valence-electron chi connectivity index (χ4n) is 2.01. The number of hydrogen-bond acceptors (Lipinski definition) is 3. The van der Waals surface area contributed by atoms with Crippen molar-refractivity contribution in [2.24, 2.45) is 10.7 Å². The summed E-state index contributed by atoms with van der Waals surface area (Å²) in [5.74, 6) is -0.0663. The minimum Gasteiger partial charge on any atom is -0.406 e. The molecule has 0 unspecified atom stereocenters. The summed E-state index contributed by atoms with van der Waals surface area (Å²) >= 11 is 0. The van der Waals surface area contributed by atoms with E-state index in [4.69, 9.17) is 5.73 Å². The lowest BCUT2D eigenvalue weighted by Crippen LogP contribution is -2.33. The summed E-state index contributed by atoms with van der Waals surface area (Å²) in [5.41, 5.74) is 6.30. The van der Waals surface area contributed by atoms with E-state index >= 15 is 0 Å². The molecule has 0 radical (unpaired) electrons. The van der Waals surface area contributed by atoms with Gasteiger partial charge in [0.1, 0.15) is 5.75 Å². The van der Waals surface area contributed by atoms with Crippen LogP contribution in [0.2, 0.25) is 0 Å². The molecule has 0 bridgehead atoms. The van der Waals surface area contributed by atoms with Gasteiger partial charge in [0, 0.05) is 18.3 Å². The topological polar surface area (TPSA) is 62.9 Å². The van der Waals surface area contributed by atoms with Gasteiger partial charge in [-0.25, -0.2) is 0 Å². The van der Waals surface area contributed by atoms with E-state index in [9.17, 15) is 13.2 Å². The van der Waals surface area contributed by atoms with Crippen LogP contribution in [0.4, 0.5) is 18.9 Å². The van der Waals surface area contributed by atoms with Crippen LogP contribution in [0.1, 0.15) is 20.8 Å². The molecule has 0 aliphatic carbocycles. The van der Waals surface area contributed by atoms with Gasteiger partial charge in [0.05, 0.1) is 6.54 Å². The first-order chi connectivity index (χ1) is 10.7. The van der Waals surface area contributed by atoms with Crippen molar-refractivity contribution in [2.45, 2.75) is 33.2 Å². The maximum atomic E-state index is 12.1. The Morgan fingerprint density at radius 2 is 1.88 bits per heavy atom. The Morgan fingerprint density at radius 3 is 2.33 bits per heavy atom. The van der Waals surface area contributed by atoms with Gasteiger partial charge in [0.2, 0.25) is 0 Å². The summed E-state index contributed by atoms with van der Waals surface area (Å²) in [6.07, 6.45) is -4.70. The molecule has 0 spiro atoms. The highest BCUT2D eigenvalue weighted by atomic mass is 127. The summed E-state index contributed by atoms with van der Waals surface area (Å²) < 4.78 is 40.0. The lowest BCUT2D eigenvalue weighted by Gasteiger charge is -2.23. The Morgan fingerprint density at radius 1 is 1.29 bits per heavy atom. The van der Waals surface area contributed by atoms with Gasteiger partial charge < -0.3 is 15.8 Å². The molecule has 138 valence electrons. The molecule has 0 saturated heterocycles. The number of benzene rings is 1. The Kier molecular flexibility index (Phi) is 10.1. The third kappa shape index (κ3) is 9.16. The molecule has 0 atom stereocenters. The molecule has 5 nitrogen and oxygen atoms in total. The number of hydrogen-bond donors (Lipinski definition) is 2. The molecule has 0 fully saturated rings. The molecule has 0 aliphatic rings. The van der Waals surface area contributed by atoms with Crippen LogP contribution in [0.3, 0.4) is 0 Å². The SMILES string of the molecule is CCN(CCN=C(N)Nc1ccc(OC(F)(F)F)cc1)C(C)C.I.